The molecule has 0 bridgehead atoms. The highest BCUT2D eigenvalue weighted by Crippen LogP contribution is 2.21. The molecule has 0 aliphatic carbocycles. The number of benzene rings is 3. The largest absolute Gasteiger partial charge is 0.464 e. The van der Waals surface area contributed by atoms with Gasteiger partial charge < -0.3 is 24.3 Å². The Morgan fingerprint density at radius 1 is 0.769 bits per heavy atom. The zero-order valence-corrected chi connectivity index (χ0v) is 28.6. The predicted molar refractivity (Wildman–Crippen MR) is 185 cm³/mol. The second-order valence-electron chi connectivity index (χ2n) is 11.5. The Hall–Kier alpha value is -6.41. The number of aliphatic imine (C=N–C) groups is 2. The van der Waals surface area contributed by atoms with Crippen molar-refractivity contribution < 1.29 is 47.7 Å². The molecule has 14 heteroatoms. The van der Waals surface area contributed by atoms with Gasteiger partial charge in [0.05, 0.1) is 30.2 Å². The molecule has 0 radical (unpaired) electrons. The van der Waals surface area contributed by atoms with Crippen molar-refractivity contribution in [3.8, 4) is 17.8 Å². The van der Waals surface area contributed by atoms with Crippen LogP contribution in [0.25, 0.3) is 0 Å². The van der Waals surface area contributed by atoms with E-state index in [1.807, 2.05) is 0 Å². The first-order chi connectivity index (χ1) is 25.2. The average molecular weight is 711 g/mol. The molecular formula is C38H38N4O10. The maximum absolute atomic E-state index is 13.1. The van der Waals surface area contributed by atoms with Gasteiger partial charge in [0.1, 0.15) is 17.5 Å². The third kappa shape index (κ3) is 14.6. The van der Waals surface area contributed by atoms with Gasteiger partial charge in [-0.15, -0.1) is 5.26 Å². The van der Waals surface area contributed by atoms with Gasteiger partial charge >= 0.3 is 17.9 Å². The summed E-state index contributed by atoms with van der Waals surface area (Å²) < 4.78 is 21.0. The normalized spacial score (nSPS) is 10.7. The van der Waals surface area contributed by atoms with Crippen molar-refractivity contribution in [2.45, 2.75) is 70.8 Å². The monoisotopic (exact) mass is 710 g/mol. The maximum Gasteiger partial charge on any atom is 0.338 e. The number of unbranched alkanes of at least 4 members (excludes halogenated alkanes) is 4. The van der Waals surface area contributed by atoms with Crippen molar-refractivity contribution >= 4 is 47.3 Å². The molecule has 1 unspecified atom stereocenters. The number of hydrogen-bond donors (Lipinski definition) is 1. The van der Waals surface area contributed by atoms with Crippen LogP contribution >= 0.6 is 0 Å². The fourth-order valence-corrected chi connectivity index (χ4v) is 4.81. The number of isocyanates is 2. The molecule has 3 rings (SSSR count). The molecule has 0 heterocycles. The average Bonchev–Trinajstić information content (AvgIpc) is 3.13. The fourth-order valence-electron chi connectivity index (χ4n) is 4.81. The van der Waals surface area contributed by atoms with Gasteiger partial charge in [-0.2, -0.15) is 9.98 Å². The Bertz CT molecular complexity index is 1810. The lowest BCUT2D eigenvalue weighted by Crippen LogP contribution is -2.43. The molecule has 1 N–H and O–H groups in total. The van der Waals surface area contributed by atoms with E-state index in [4.69, 9.17) is 24.2 Å². The number of amides is 1. The summed E-state index contributed by atoms with van der Waals surface area (Å²) >= 11 is 0. The zero-order chi connectivity index (χ0) is 37.6. The van der Waals surface area contributed by atoms with E-state index in [-0.39, 0.29) is 38.4 Å². The van der Waals surface area contributed by atoms with Gasteiger partial charge in [-0.25, -0.2) is 19.2 Å². The molecule has 0 aliphatic heterocycles. The Balaban J connectivity index is 1.43. The lowest BCUT2D eigenvalue weighted by Gasteiger charge is -2.18. The highest BCUT2D eigenvalue weighted by molar-refractivity contribution is 5.89. The number of esters is 3. The van der Waals surface area contributed by atoms with E-state index in [1.165, 1.54) is 60.7 Å². The number of nitrogens with one attached hydrogen (secondary N) is 1. The van der Waals surface area contributed by atoms with E-state index < -0.39 is 23.9 Å². The molecule has 1 atom stereocenters. The summed E-state index contributed by atoms with van der Waals surface area (Å²) in [4.78, 5) is 78.0. The minimum Gasteiger partial charge on any atom is -0.464 e. The molecule has 0 aliphatic rings. The van der Waals surface area contributed by atoms with Gasteiger partial charge in [0.15, 0.2) is 0 Å². The van der Waals surface area contributed by atoms with Crippen LogP contribution in [0.4, 0.5) is 11.4 Å². The molecule has 1 amide bonds. The summed E-state index contributed by atoms with van der Waals surface area (Å²) in [6.07, 6.45) is 8.03. The number of ether oxygens (including phenoxy) is 4. The molecule has 3 aromatic rings. The Morgan fingerprint density at radius 3 is 2.02 bits per heavy atom. The van der Waals surface area contributed by atoms with Crippen LogP contribution in [0.2, 0.25) is 0 Å². The van der Waals surface area contributed by atoms with Crippen LogP contribution in [0, 0.1) is 18.4 Å². The molecule has 270 valence electrons. The standard InChI is InChI=1S/C38H38N4O10/c1-27-10-11-28(23-34(27)51-24-39)22-33(38(48)50-21-7-3-5-9-36(46)52-32-18-16-31(17-19-32)41-26-44)42-35(45)8-4-2-6-20-49-37(47)29-12-14-30(15-13-29)40-25-43/h10-19,23,33H,2-9,20-22H2,1H3,(H,42,45). The van der Waals surface area contributed by atoms with Crippen molar-refractivity contribution in [1.82, 2.24) is 5.32 Å². The molecule has 0 fully saturated rings. The summed E-state index contributed by atoms with van der Waals surface area (Å²) in [7, 11) is 0. The minimum absolute atomic E-state index is 0.0746. The molecule has 0 saturated heterocycles. The van der Waals surface area contributed by atoms with Crippen molar-refractivity contribution in [2.75, 3.05) is 13.2 Å². The van der Waals surface area contributed by atoms with Gasteiger partial charge in [-0.1, -0.05) is 12.1 Å². The zero-order valence-electron chi connectivity index (χ0n) is 28.6. The molecule has 0 saturated carbocycles. The lowest BCUT2D eigenvalue weighted by atomic mass is 10.0. The van der Waals surface area contributed by atoms with E-state index in [1.54, 1.807) is 31.4 Å². The molecule has 0 aromatic heterocycles. The van der Waals surface area contributed by atoms with Crippen LogP contribution in [0.1, 0.15) is 72.9 Å². The number of nitrogens with zero attached hydrogens (tertiary/aromatic N) is 3. The van der Waals surface area contributed by atoms with Crippen LogP contribution in [0.5, 0.6) is 11.5 Å². The summed E-state index contributed by atoms with van der Waals surface area (Å²) in [5.74, 6) is -1.27. The van der Waals surface area contributed by atoms with E-state index in [2.05, 4.69) is 15.3 Å². The Kier molecular flexibility index (Phi) is 17.2. The number of carbonyl (C=O) groups is 4. The second kappa shape index (κ2) is 22.3. The van der Waals surface area contributed by atoms with Gasteiger partial charge in [0.25, 0.3) is 6.26 Å². The molecule has 14 nitrogen and oxygen atoms in total. The minimum atomic E-state index is -1.01. The first-order valence-electron chi connectivity index (χ1n) is 16.6. The molecular weight excluding hydrogens is 672 g/mol. The van der Waals surface area contributed by atoms with Crippen LogP contribution in [-0.4, -0.2) is 55.2 Å². The van der Waals surface area contributed by atoms with Crippen LogP contribution in [0.3, 0.4) is 0 Å². The molecule has 3 aromatic carbocycles. The molecule has 0 spiro atoms. The highest BCUT2D eigenvalue weighted by atomic mass is 16.5. The van der Waals surface area contributed by atoms with Crippen molar-refractivity contribution in [3.05, 3.63) is 83.4 Å². The summed E-state index contributed by atoms with van der Waals surface area (Å²) in [6.45, 7) is 2.00. The topological polar surface area (TPSA) is 200 Å². The highest BCUT2D eigenvalue weighted by Gasteiger charge is 2.23. The predicted octanol–water partition coefficient (Wildman–Crippen LogP) is 5.94. The van der Waals surface area contributed by atoms with Crippen molar-refractivity contribution in [1.29, 1.82) is 5.26 Å². The first-order valence-corrected chi connectivity index (χ1v) is 16.6. The SMILES string of the molecule is Cc1ccc(CC(NC(=O)CCCCCOC(=O)c2ccc(N=C=O)cc2)C(=O)OCCCCCC(=O)Oc2ccc(N=C=O)cc2)cc1OC#N. The van der Waals surface area contributed by atoms with E-state index in [0.717, 1.165) is 5.56 Å². The number of hydrogen-bond acceptors (Lipinski definition) is 13. The van der Waals surface area contributed by atoms with E-state index in [0.29, 0.717) is 72.5 Å². The smallest absolute Gasteiger partial charge is 0.338 e. The van der Waals surface area contributed by atoms with Gasteiger partial charge in [-0.3, -0.25) is 9.59 Å². The lowest BCUT2D eigenvalue weighted by molar-refractivity contribution is -0.148. The first kappa shape index (κ1) is 40.0. The van der Waals surface area contributed by atoms with E-state index >= 15 is 0 Å². The third-order valence-electron chi connectivity index (χ3n) is 7.54. The second-order valence-corrected chi connectivity index (χ2v) is 11.5. The number of nitriles is 1. The van der Waals surface area contributed by atoms with Crippen molar-refractivity contribution in [2.24, 2.45) is 9.98 Å². The van der Waals surface area contributed by atoms with Crippen LogP contribution in [0.15, 0.2) is 76.7 Å². The number of aryl methyl sites for hydroxylation is 1. The van der Waals surface area contributed by atoms with Gasteiger partial charge in [0.2, 0.25) is 18.1 Å². The number of carbonyl (C=O) groups excluding carboxylic acids is 6. The van der Waals surface area contributed by atoms with E-state index in [9.17, 15) is 28.8 Å². The summed E-state index contributed by atoms with van der Waals surface area (Å²) in [5.41, 5.74) is 2.46. The fraction of sp³-hybridized carbons (Fsp3) is 0.342. The Morgan fingerprint density at radius 2 is 1.38 bits per heavy atom. The Labute approximate surface area is 300 Å². The summed E-state index contributed by atoms with van der Waals surface area (Å²) in [5, 5.41) is 11.7. The van der Waals surface area contributed by atoms with Gasteiger partial charge in [-0.05, 0) is 111 Å². The van der Waals surface area contributed by atoms with Gasteiger partial charge in [0, 0.05) is 19.3 Å². The third-order valence-corrected chi connectivity index (χ3v) is 7.54. The van der Waals surface area contributed by atoms with Crippen molar-refractivity contribution in [3.63, 3.8) is 0 Å². The maximum atomic E-state index is 13.1. The number of rotatable bonds is 21. The van der Waals surface area contributed by atoms with Crippen LogP contribution < -0.4 is 14.8 Å². The van der Waals surface area contributed by atoms with Crippen LogP contribution in [-0.2, 0) is 39.9 Å². The molecule has 52 heavy (non-hydrogen) atoms. The quantitative estimate of drug-likeness (QED) is 0.0342. The summed E-state index contributed by atoms with van der Waals surface area (Å²) in [6, 6.07) is 16.2.